The third kappa shape index (κ3) is 4.55. The maximum Gasteiger partial charge on any atom is 0.255 e. The molecule has 0 fully saturated rings. The average Bonchev–Trinajstić information content (AvgIpc) is 2.55. The van der Waals surface area contributed by atoms with Crippen molar-refractivity contribution in [2.24, 2.45) is 5.92 Å². The summed E-state index contributed by atoms with van der Waals surface area (Å²) in [7, 11) is 3.51. The molecule has 0 aliphatic rings. The van der Waals surface area contributed by atoms with E-state index in [1.165, 1.54) is 5.56 Å². The lowest BCUT2D eigenvalue weighted by Crippen LogP contribution is -2.32. The molecule has 1 heterocycles. The van der Waals surface area contributed by atoms with Crippen LogP contribution in [-0.4, -0.2) is 36.5 Å². The van der Waals surface area contributed by atoms with Crippen molar-refractivity contribution in [2.75, 3.05) is 20.7 Å². The van der Waals surface area contributed by atoms with Gasteiger partial charge in [-0.3, -0.25) is 9.78 Å². The van der Waals surface area contributed by atoms with Gasteiger partial charge < -0.3 is 9.64 Å². The zero-order valence-corrected chi connectivity index (χ0v) is 14.2. The van der Waals surface area contributed by atoms with Gasteiger partial charge in [0.05, 0.1) is 12.7 Å². The Hall–Kier alpha value is -2.36. The highest BCUT2D eigenvalue weighted by atomic mass is 16.5. The second-order valence-corrected chi connectivity index (χ2v) is 5.98. The first-order valence-corrected chi connectivity index (χ1v) is 7.81. The number of hydrogen-bond acceptors (Lipinski definition) is 3. The highest BCUT2D eigenvalue weighted by molar-refractivity contribution is 5.95. The van der Waals surface area contributed by atoms with Gasteiger partial charge in [0.1, 0.15) is 5.75 Å². The van der Waals surface area contributed by atoms with Crippen molar-refractivity contribution in [3.05, 3.63) is 59.4 Å². The summed E-state index contributed by atoms with van der Waals surface area (Å²) in [5, 5.41) is 0. The summed E-state index contributed by atoms with van der Waals surface area (Å²) in [4.78, 5) is 18.5. The molecule has 1 unspecified atom stereocenters. The molecule has 2 aromatic rings. The van der Waals surface area contributed by atoms with E-state index in [1.807, 2.05) is 32.2 Å². The van der Waals surface area contributed by atoms with Crippen LogP contribution in [0.2, 0.25) is 0 Å². The second-order valence-electron chi connectivity index (χ2n) is 5.98. The topological polar surface area (TPSA) is 42.4 Å². The van der Waals surface area contributed by atoms with E-state index in [0.29, 0.717) is 18.0 Å². The number of benzene rings is 1. The molecule has 23 heavy (non-hydrogen) atoms. The van der Waals surface area contributed by atoms with E-state index >= 15 is 0 Å². The van der Waals surface area contributed by atoms with Crippen LogP contribution < -0.4 is 4.74 Å². The quantitative estimate of drug-likeness (QED) is 0.821. The molecule has 0 spiro atoms. The van der Waals surface area contributed by atoms with Gasteiger partial charge in [0, 0.05) is 25.5 Å². The van der Waals surface area contributed by atoms with Crippen LogP contribution in [0, 0.1) is 12.8 Å². The maximum atomic E-state index is 12.5. The van der Waals surface area contributed by atoms with Crippen LogP contribution in [0.15, 0.2) is 42.6 Å². The fourth-order valence-corrected chi connectivity index (χ4v) is 2.69. The molecule has 4 nitrogen and oxygen atoms in total. The Morgan fingerprint density at radius 2 is 1.96 bits per heavy atom. The number of amides is 1. The van der Waals surface area contributed by atoms with Crippen LogP contribution in [-0.2, 0) is 6.42 Å². The molecule has 2 rings (SSSR count). The molecule has 0 saturated heterocycles. The van der Waals surface area contributed by atoms with Crippen LogP contribution in [0.25, 0.3) is 0 Å². The van der Waals surface area contributed by atoms with E-state index in [9.17, 15) is 4.79 Å². The molecule has 0 bridgehead atoms. The number of aromatic nitrogens is 1. The number of carbonyl (C=O) groups excluding carboxylic acids is 1. The zero-order chi connectivity index (χ0) is 16.8. The third-order valence-electron chi connectivity index (χ3n) is 3.91. The van der Waals surface area contributed by atoms with Gasteiger partial charge >= 0.3 is 0 Å². The highest BCUT2D eigenvalue weighted by Crippen LogP contribution is 2.16. The van der Waals surface area contributed by atoms with Crippen LogP contribution in [0.1, 0.15) is 28.5 Å². The summed E-state index contributed by atoms with van der Waals surface area (Å²) in [6.07, 6.45) is 2.63. The minimum Gasteiger partial charge on any atom is -0.497 e. The summed E-state index contributed by atoms with van der Waals surface area (Å²) < 4.78 is 5.17. The number of aryl methyl sites for hydroxylation is 1. The number of carbonyl (C=O) groups is 1. The Kier molecular flexibility index (Phi) is 5.74. The average molecular weight is 312 g/mol. The van der Waals surface area contributed by atoms with Crippen LogP contribution in [0.3, 0.4) is 0 Å². The number of rotatable bonds is 6. The molecule has 0 aliphatic heterocycles. The van der Waals surface area contributed by atoms with E-state index in [4.69, 9.17) is 4.74 Å². The molecular formula is C19H24N2O2. The number of ether oxygens (including phenoxy) is 1. The van der Waals surface area contributed by atoms with E-state index in [1.54, 1.807) is 24.3 Å². The summed E-state index contributed by atoms with van der Waals surface area (Å²) in [5.74, 6) is 1.26. The van der Waals surface area contributed by atoms with Crippen LogP contribution >= 0.6 is 0 Å². The fraction of sp³-hybridized carbons (Fsp3) is 0.368. The summed E-state index contributed by atoms with van der Waals surface area (Å²) in [6, 6.07) is 11.7. The van der Waals surface area contributed by atoms with Crippen molar-refractivity contribution in [3.63, 3.8) is 0 Å². The Balaban J connectivity index is 1.94. The van der Waals surface area contributed by atoms with Crippen molar-refractivity contribution in [1.82, 2.24) is 9.88 Å². The largest absolute Gasteiger partial charge is 0.497 e. The van der Waals surface area contributed by atoms with E-state index in [2.05, 4.69) is 24.0 Å². The molecular weight excluding hydrogens is 288 g/mol. The van der Waals surface area contributed by atoms with Gasteiger partial charge in [-0.05, 0) is 49.1 Å². The molecule has 1 aromatic carbocycles. The lowest BCUT2D eigenvalue weighted by molar-refractivity contribution is 0.0774. The van der Waals surface area contributed by atoms with Gasteiger partial charge in [0.25, 0.3) is 5.91 Å². The van der Waals surface area contributed by atoms with Gasteiger partial charge in [-0.1, -0.05) is 19.1 Å². The van der Waals surface area contributed by atoms with Crippen LogP contribution in [0.5, 0.6) is 5.75 Å². The molecule has 1 aromatic heterocycles. The second kappa shape index (κ2) is 7.77. The predicted octanol–water partition coefficient (Wildman–Crippen LogP) is 3.35. The zero-order valence-electron chi connectivity index (χ0n) is 14.2. The van der Waals surface area contributed by atoms with Gasteiger partial charge in [-0.25, -0.2) is 0 Å². The van der Waals surface area contributed by atoms with Crippen molar-refractivity contribution in [1.29, 1.82) is 0 Å². The number of nitrogens with zero attached hydrogens (tertiary/aromatic N) is 2. The molecule has 122 valence electrons. The smallest absolute Gasteiger partial charge is 0.255 e. The number of hydrogen-bond donors (Lipinski definition) is 0. The van der Waals surface area contributed by atoms with Crippen LogP contribution in [0.4, 0.5) is 0 Å². The first-order valence-electron chi connectivity index (χ1n) is 7.81. The fourth-order valence-electron chi connectivity index (χ4n) is 2.69. The molecule has 1 atom stereocenters. The lowest BCUT2D eigenvalue weighted by atomic mass is 10.0. The third-order valence-corrected chi connectivity index (χ3v) is 3.91. The Morgan fingerprint density at radius 3 is 2.57 bits per heavy atom. The normalized spacial score (nSPS) is 11.8. The number of pyridine rings is 1. The summed E-state index contributed by atoms with van der Waals surface area (Å²) in [5.41, 5.74) is 2.69. The lowest BCUT2D eigenvalue weighted by Gasteiger charge is -2.22. The Morgan fingerprint density at radius 1 is 1.26 bits per heavy atom. The summed E-state index contributed by atoms with van der Waals surface area (Å²) >= 11 is 0. The standard InChI is InChI=1S/C19H24N2O2/c1-14(12-16-7-9-17(23-4)10-8-16)13-21(3)19(22)18-6-5-11-20-15(18)2/h5-11,14H,12-13H2,1-4H3. The van der Waals surface area contributed by atoms with Crippen molar-refractivity contribution >= 4 is 5.91 Å². The van der Waals surface area contributed by atoms with Gasteiger partial charge in [-0.2, -0.15) is 0 Å². The molecule has 1 amide bonds. The van der Waals surface area contributed by atoms with E-state index < -0.39 is 0 Å². The Bertz CT molecular complexity index is 653. The van der Waals surface area contributed by atoms with Gasteiger partial charge in [-0.15, -0.1) is 0 Å². The van der Waals surface area contributed by atoms with Gasteiger partial charge in [0.2, 0.25) is 0 Å². The summed E-state index contributed by atoms with van der Waals surface area (Å²) in [6.45, 7) is 4.73. The maximum absolute atomic E-state index is 12.5. The molecule has 4 heteroatoms. The van der Waals surface area contributed by atoms with Gasteiger partial charge in [0.15, 0.2) is 0 Å². The van der Waals surface area contributed by atoms with E-state index in [0.717, 1.165) is 17.9 Å². The SMILES string of the molecule is COc1ccc(CC(C)CN(C)C(=O)c2cccnc2C)cc1. The molecule has 0 N–H and O–H groups in total. The minimum absolute atomic E-state index is 0.0252. The Labute approximate surface area is 138 Å². The first kappa shape index (κ1) is 17.0. The minimum atomic E-state index is 0.0252. The van der Waals surface area contributed by atoms with E-state index in [-0.39, 0.29) is 5.91 Å². The number of methoxy groups -OCH3 is 1. The predicted molar refractivity (Wildman–Crippen MR) is 91.8 cm³/mol. The van der Waals surface area contributed by atoms with Crippen molar-refractivity contribution in [2.45, 2.75) is 20.3 Å². The van der Waals surface area contributed by atoms with Crippen molar-refractivity contribution < 1.29 is 9.53 Å². The first-order chi connectivity index (χ1) is 11.0. The molecule has 0 radical (unpaired) electrons. The monoisotopic (exact) mass is 312 g/mol. The highest BCUT2D eigenvalue weighted by Gasteiger charge is 2.16. The molecule has 0 aliphatic carbocycles. The van der Waals surface area contributed by atoms with Crippen molar-refractivity contribution in [3.8, 4) is 5.75 Å². The molecule has 0 saturated carbocycles.